The lowest BCUT2D eigenvalue weighted by atomic mass is 9.97. The van der Waals surface area contributed by atoms with E-state index in [1.165, 1.54) is 12.1 Å². The Morgan fingerprint density at radius 2 is 2.07 bits per heavy atom. The number of imidazole rings is 1. The zero-order chi connectivity index (χ0) is 19.3. The molecule has 1 atom stereocenters. The van der Waals surface area contributed by atoms with E-state index in [1.807, 2.05) is 10.8 Å². The van der Waals surface area contributed by atoms with Gasteiger partial charge in [-0.25, -0.2) is 9.37 Å². The summed E-state index contributed by atoms with van der Waals surface area (Å²) in [6, 6.07) is 6.58. The van der Waals surface area contributed by atoms with Gasteiger partial charge in [0.2, 0.25) is 0 Å². The third-order valence-electron chi connectivity index (χ3n) is 5.30. The van der Waals surface area contributed by atoms with Crippen LogP contribution in [0.4, 0.5) is 4.39 Å². The van der Waals surface area contributed by atoms with Gasteiger partial charge in [-0.2, -0.15) is 0 Å². The van der Waals surface area contributed by atoms with Crippen molar-refractivity contribution in [2.45, 2.75) is 25.3 Å². The molecule has 3 heterocycles. The van der Waals surface area contributed by atoms with Gasteiger partial charge in [0.25, 0.3) is 0 Å². The van der Waals surface area contributed by atoms with Crippen molar-refractivity contribution in [3.05, 3.63) is 72.1 Å². The molecule has 1 fully saturated rings. The number of piperidine rings is 1. The van der Waals surface area contributed by atoms with E-state index in [-0.39, 0.29) is 5.82 Å². The van der Waals surface area contributed by atoms with E-state index >= 15 is 0 Å². The molecule has 0 amide bonds. The molecular weight excluding hydrogens is 355 g/mol. The minimum Gasteiger partial charge on any atom is -0.330 e. The van der Waals surface area contributed by atoms with Gasteiger partial charge in [-0.3, -0.25) is 4.90 Å². The third-order valence-corrected chi connectivity index (χ3v) is 5.30. The molecule has 1 aliphatic heterocycles. The molecule has 3 aromatic rings. The van der Waals surface area contributed by atoms with Crippen molar-refractivity contribution in [1.29, 1.82) is 0 Å². The second kappa shape index (κ2) is 8.48. The van der Waals surface area contributed by atoms with E-state index in [9.17, 15) is 4.39 Å². The summed E-state index contributed by atoms with van der Waals surface area (Å²) in [7, 11) is 2.05. The van der Waals surface area contributed by atoms with Gasteiger partial charge >= 0.3 is 0 Å². The minimum absolute atomic E-state index is 0.202. The smallest absolute Gasteiger partial charge is 0.152 e. The van der Waals surface area contributed by atoms with Crippen LogP contribution in [0.1, 0.15) is 36.0 Å². The van der Waals surface area contributed by atoms with E-state index in [0.717, 1.165) is 49.7 Å². The number of nitrogens with zero attached hydrogens (tertiary/aromatic N) is 6. The first-order chi connectivity index (χ1) is 13.7. The molecule has 7 heteroatoms. The maximum atomic E-state index is 13.0. The maximum absolute atomic E-state index is 13.0. The van der Waals surface area contributed by atoms with Gasteiger partial charge in [-0.05, 0) is 37.1 Å². The van der Waals surface area contributed by atoms with E-state index in [0.29, 0.717) is 12.5 Å². The number of halogens is 1. The van der Waals surface area contributed by atoms with Gasteiger partial charge in [0, 0.05) is 38.4 Å². The van der Waals surface area contributed by atoms with Crippen molar-refractivity contribution in [2.75, 3.05) is 19.6 Å². The molecule has 0 bridgehead atoms. The second-order valence-corrected chi connectivity index (χ2v) is 7.32. The fraction of sp³-hybridized carbons (Fsp3) is 0.381. The van der Waals surface area contributed by atoms with E-state index < -0.39 is 0 Å². The topological polar surface area (TPSA) is 51.8 Å². The predicted molar refractivity (Wildman–Crippen MR) is 106 cm³/mol. The molecule has 1 aromatic carbocycles. The molecule has 146 valence electrons. The van der Waals surface area contributed by atoms with Crippen LogP contribution in [0.2, 0.25) is 0 Å². The first-order valence-electron chi connectivity index (χ1n) is 9.67. The van der Waals surface area contributed by atoms with Gasteiger partial charge in [0.05, 0.1) is 12.9 Å². The fourth-order valence-electron chi connectivity index (χ4n) is 3.76. The van der Waals surface area contributed by atoms with Crippen LogP contribution < -0.4 is 0 Å². The molecule has 0 unspecified atom stereocenters. The van der Waals surface area contributed by atoms with E-state index in [1.54, 1.807) is 24.7 Å². The Kier molecular flexibility index (Phi) is 5.62. The van der Waals surface area contributed by atoms with Gasteiger partial charge in [0.15, 0.2) is 5.82 Å². The van der Waals surface area contributed by atoms with Gasteiger partial charge in [-0.15, -0.1) is 10.2 Å². The van der Waals surface area contributed by atoms with Crippen LogP contribution >= 0.6 is 0 Å². The average Bonchev–Trinajstić information content (AvgIpc) is 3.34. The molecule has 2 aromatic heterocycles. The van der Waals surface area contributed by atoms with E-state index in [2.05, 4.69) is 43.8 Å². The molecule has 6 nitrogen and oxygen atoms in total. The highest BCUT2D eigenvalue weighted by atomic mass is 19.1. The number of aromatic nitrogens is 5. The first-order valence-corrected chi connectivity index (χ1v) is 9.67. The highest BCUT2D eigenvalue weighted by molar-refractivity contribution is 5.48. The SMILES string of the molecule is Cn1c(Cn2ccnc2)nnc1[C@H]1CCCN(C/C=C/c2ccc(F)cc2)C1. The summed E-state index contributed by atoms with van der Waals surface area (Å²) in [5.74, 6) is 2.19. The average molecular weight is 380 g/mol. The Balaban J connectivity index is 1.37. The zero-order valence-electron chi connectivity index (χ0n) is 16.1. The predicted octanol–water partition coefficient (Wildman–Crippen LogP) is 3.09. The number of rotatable bonds is 6. The summed E-state index contributed by atoms with van der Waals surface area (Å²) in [4.78, 5) is 6.53. The molecule has 0 spiro atoms. The zero-order valence-corrected chi connectivity index (χ0v) is 16.1. The van der Waals surface area contributed by atoms with Crippen LogP contribution in [-0.2, 0) is 13.6 Å². The molecule has 1 aliphatic rings. The van der Waals surface area contributed by atoms with Crippen molar-refractivity contribution in [2.24, 2.45) is 7.05 Å². The quantitative estimate of drug-likeness (QED) is 0.659. The Labute approximate surface area is 164 Å². The summed E-state index contributed by atoms with van der Waals surface area (Å²) in [5.41, 5.74) is 1.02. The van der Waals surface area contributed by atoms with Crippen LogP contribution in [0.15, 0.2) is 49.1 Å². The monoisotopic (exact) mass is 380 g/mol. The first kappa shape index (κ1) is 18.6. The van der Waals surface area contributed by atoms with Crippen LogP contribution in [0.3, 0.4) is 0 Å². The Bertz CT molecular complexity index is 913. The van der Waals surface area contributed by atoms with Crippen molar-refractivity contribution >= 4 is 6.08 Å². The summed E-state index contributed by atoms with van der Waals surface area (Å²) >= 11 is 0. The number of likely N-dealkylation sites (tertiary alicyclic amines) is 1. The van der Waals surface area contributed by atoms with Crippen molar-refractivity contribution in [3.63, 3.8) is 0 Å². The Morgan fingerprint density at radius 1 is 1.21 bits per heavy atom. The van der Waals surface area contributed by atoms with Crippen LogP contribution in [-0.4, -0.2) is 48.8 Å². The standard InChI is InChI=1S/C21H25FN6/c1-26-20(15-28-13-10-23-16-28)24-25-21(26)18-5-3-12-27(14-18)11-2-4-17-6-8-19(22)9-7-17/h2,4,6-10,13,16,18H,3,5,11-12,14-15H2,1H3/b4-2+/t18-/m0/s1. The number of hydrogen-bond donors (Lipinski definition) is 0. The lowest BCUT2D eigenvalue weighted by Gasteiger charge is -2.31. The summed E-state index contributed by atoms with van der Waals surface area (Å²) in [6.45, 7) is 3.63. The highest BCUT2D eigenvalue weighted by Gasteiger charge is 2.25. The van der Waals surface area contributed by atoms with Gasteiger partial charge in [-0.1, -0.05) is 24.3 Å². The molecule has 1 saturated heterocycles. The summed E-state index contributed by atoms with van der Waals surface area (Å²) < 4.78 is 17.1. The highest BCUT2D eigenvalue weighted by Crippen LogP contribution is 2.25. The molecule has 0 N–H and O–H groups in total. The van der Waals surface area contributed by atoms with Crippen LogP contribution in [0.5, 0.6) is 0 Å². The van der Waals surface area contributed by atoms with Crippen LogP contribution in [0, 0.1) is 5.82 Å². The molecule has 28 heavy (non-hydrogen) atoms. The Hall–Kier alpha value is -2.80. The molecule has 0 aliphatic carbocycles. The minimum atomic E-state index is -0.202. The second-order valence-electron chi connectivity index (χ2n) is 7.32. The van der Waals surface area contributed by atoms with Gasteiger partial charge < -0.3 is 9.13 Å². The summed E-state index contributed by atoms with van der Waals surface area (Å²) in [6.07, 6.45) is 12.0. The lowest BCUT2D eigenvalue weighted by molar-refractivity contribution is 0.222. The van der Waals surface area contributed by atoms with E-state index in [4.69, 9.17) is 0 Å². The van der Waals surface area contributed by atoms with Crippen molar-refractivity contribution in [1.82, 2.24) is 29.2 Å². The van der Waals surface area contributed by atoms with Gasteiger partial charge in [0.1, 0.15) is 11.6 Å². The lowest BCUT2D eigenvalue weighted by Crippen LogP contribution is -2.35. The molecular formula is C21H25FN6. The number of hydrogen-bond acceptors (Lipinski definition) is 4. The number of benzene rings is 1. The summed E-state index contributed by atoms with van der Waals surface area (Å²) in [5, 5.41) is 8.89. The third kappa shape index (κ3) is 4.36. The Morgan fingerprint density at radius 3 is 2.86 bits per heavy atom. The maximum Gasteiger partial charge on any atom is 0.152 e. The molecule has 0 radical (unpaired) electrons. The van der Waals surface area contributed by atoms with Crippen LogP contribution in [0.25, 0.3) is 6.08 Å². The molecule has 0 saturated carbocycles. The molecule has 4 rings (SSSR count). The normalized spacial score (nSPS) is 18.1. The largest absolute Gasteiger partial charge is 0.330 e. The van der Waals surface area contributed by atoms with Crippen molar-refractivity contribution in [3.8, 4) is 0 Å². The van der Waals surface area contributed by atoms with Crippen molar-refractivity contribution < 1.29 is 4.39 Å². The fourth-order valence-corrected chi connectivity index (χ4v) is 3.76.